The molecule has 2 aromatic rings. The molecule has 0 spiro atoms. The predicted octanol–water partition coefficient (Wildman–Crippen LogP) is 3.61. The SMILES string of the molecule is CC(C)CC(CC(=O)C(Cc1ccccc1)NC(=O)C(N)Cc1ccccc1)C(=O)NC(CCCCN)C(=O)N1C2CC1CN(C(=O)CCCCC(C)C(=O)O)C2. The number of unbranched alkanes of at least 4 members (excludes halogenated alkanes) is 2. The summed E-state index contributed by atoms with van der Waals surface area (Å²) in [4.78, 5) is 83.6. The van der Waals surface area contributed by atoms with Crippen LogP contribution in [0.25, 0.3) is 0 Å². The number of hydrogen-bond donors (Lipinski definition) is 5. The van der Waals surface area contributed by atoms with Gasteiger partial charge in [-0.25, -0.2) is 0 Å². The molecule has 2 aliphatic heterocycles. The van der Waals surface area contributed by atoms with Crippen LogP contribution in [-0.4, -0.2) is 100 Å². The summed E-state index contributed by atoms with van der Waals surface area (Å²) < 4.78 is 0. The second-order valence-electron chi connectivity index (χ2n) is 16.5. The van der Waals surface area contributed by atoms with E-state index in [1.165, 1.54) is 0 Å². The monoisotopic (exact) mass is 788 g/mol. The smallest absolute Gasteiger partial charge is 0.306 e. The van der Waals surface area contributed by atoms with Crippen molar-refractivity contribution in [2.75, 3.05) is 19.6 Å². The number of piperazine rings is 1. The number of Topliss-reactive ketones (excluding diaryl/α,β-unsaturated/α-hetero) is 1. The summed E-state index contributed by atoms with van der Waals surface area (Å²) in [5.41, 5.74) is 13.9. The van der Waals surface area contributed by atoms with E-state index in [4.69, 9.17) is 16.6 Å². The van der Waals surface area contributed by atoms with Crippen LogP contribution in [0.3, 0.4) is 0 Å². The molecule has 2 aliphatic rings. The van der Waals surface area contributed by atoms with Crippen molar-refractivity contribution in [3.8, 4) is 0 Å². The van der Waals surface area contributed by atoms with E-state index in [0.29, 0.717) is 77.4 Å². The van der Waals surface area contributed by atoms with Crippen molar-refractivity contribution < 1.29 is 33.9 Å². The van der Waals surface area contributed by atoms with E-state index in [1.807, 2.05) is 79.4 Å². The third-order valence-corrected chi connectivity index (χ3v) is 11.3. The number of fused-ring (bicyclic) bond motifs is 2. The van der Waals surface area contributed by atoms with Gasteiger partial charge in [0.15, 0.2) is 5.78 Å². The van der Waals surface area contributed by atoms with E-state index in [0.717, 1.165) is 17.5 Å². The number of amides is 4. The molecule has 2 heterocycles. The number of piperidine rings is 1. The molecule has 2 saturated heterocycles. The maximum atomic E-state index is 14.2. The fraction of sp³-hybridized carbons (Fsp3) is 0.591. The van der Waals surface area contributed by atoms with Crippen LogP contribution in [0, 0.1) is 17.8 Å². The van der Waals surface area contributed by atoms with Gasteiger partial charge in [0.05, 0.1) is 30.1 Å². The molecule has 0 aliphatic carbocycles. The first-order valence-corrected chi connectivity index (χ1v) is 20.8. The van der Waals surface area contributed by atoms with Crippen LogP contribution in [-0.2, 0) is 41.6 Å². The Hall–Kier alpha value is -4.62. The average molecular weight is 789 g/mol. The number of carbonyl (C=O) groups is 6. The number of carboxylic acids is 1. The van der Waals surface area contributed by atoms with Gasteiger partial charge in [0.2, 0.25) is 23.6 Å². The molecule has 13 heteroatoms. The molecule has 57 heavy (non-hydrogen) atoms. The fourth-order valence-electron chi connectivity index (χ4n) is 7.97. The summed E-state index contributed by atoms with van der Waals surface area (Å²) in [7, 11) is 0. The van der Waals surface area contributed by atoms with Crippen LogP contribution >= 0.6 is 0 Å². The first kappa shape index (κ1) is 45.1. The van der Waals surface area contributed by atoms with Gasteiger partial charge in [-0.1, -0.05) is 87.9 Å². The second-order valence-corrected chi connectivity index (χ2v) is 16.5. The van der Waals surface area contributed by atoms with E-state index in [2.05, 4.69) is 10.6 Å². The summed E-state index contributed by atoms with van der Waals surface area (Å²) in [5.74, 6) is -3.25. The molecule has 7 N–H and O–H groups in total. The third-order valence-electron chi connectivity index (χ3n) is 11.3. The van der Waals surface area contributed by atoms with Crippen LogP contribution in [0.5, 0.6) is 0 Å². The zero-order chi connectivity index (χ0) is 41.5. The first-order valence-electron chi connectivity index (χ1n) is 20.8. The summed E-state index contributed by atoms with van der Waals surface area (Å²) in [6.07, 6.45) is 5.43. The highest BCUT2D eigenvalue weighted by molar-refractivity contribution is 5.95. The lowest BCUT2D eigenvalue weighted by molar-refractivity contribution is -0.163. The maximum Gasteiger partial charge on any atom is 0.306 e. The van der Waals surface area contributed by atoms with E-state index in [1.54, 1.807) is 11.8 Å². The summed E-state index contributed by atoms with van der Waals surface area (Å²) in [6.45, 7) is 6.91. The number of nitrogens with zero attached hydrogens (tertiary/aromatic N) is 2. The minimum absolute atomic E-state index is 0.00806. The molecule has 2 fully saturated rings. The molecule has 7 unspecified atom stereocenters. The Morgan fingerprint density at radius 2 is 1.35 bits per heavy atom. The van der Waals surface area contributed by atoms with Crippen LogP contribution in [0.4, 0.5) is 0 Å². The standard InChI is InChI=1S/C44H64N6O7/c1-29(2)22-33(25-39(51)38(24-32-17-8-5-9-18-32)48-42(54)36(46)23-31-15-6-4-7-16-31)41(53)47-37(19-12-13-21-45)43(55)50-34-26-35(50)28-49(27-34)40(52)20-11-10-14-30(3)44(56)57/h4-9,15-18,29-30,33-38H,10-14,19-28,45-46H2,1-3H3,(H,47,53)(H,48,54)(H,56,57). The van der Waals surface area contributed by atoms with Crippen molar-refractivity contribution in [1.82, 2.24) is 20.4 Å². The summed E-state index contributed by atoms with van der Waals surface area (Å²) in [6, 6.07) is 15.9. The van der Waals surface area contributed by atoms with Gasteiger partial charge in [-0.3, -0.25) is 28.8 Å². The van der Waals surface area contributed by atoms with Crippen molar-refractivity contribution in [3.05, 3.63) is 71.8 Å². The van der Waals surface area contributed by atoms with Crippen molar-refractivity contribution in [3.63, 3.8) is 0 Å². The number of likely N-dealkylation sites (tertiary alicyclic amines) is 2. The Bertz CT molecular complexity index is 1630. The maximum absolute atomic E-state index is 14.2. The second kappa shape index (κ2) is 22.4. The number of rotatable bonds is 24. The Labute approximate surface area is 337 Å². The number of ketones is 1. The number of carbonyl (C=O) groups excluding carboxylic acids is 5. The molecule has 4 amide bonds. The Balaban J connectivity index is 1.42. The largest absolute Gasteiger partial charge is 0.481 e. The molecule has 2 aromatic carbocycles. The van der Waals surface area contributed by atoms with E-state index >= 15 is 0 Å². The van der Waals surface area contributed by atoms with Crippen molar-refractivity contribution in [1.29, 1.82) is 0 Å². The van der Waals surface area contributed by atoms with Gasteiger partial charge >= 0.3 is 5.97 Å². The van der Waals surface area contributed by atoms with Gasteiger partial charge in [-0.2, -0.15) is 0 Å². The molecule has 0 radical (unpaired) electrons. The molecular weight excluding hydrogens is 725 g/mol. The van der Waals surface area contributed by atoms with Crippen LogP contribution < -0.4 is 22.1 Å². The average Bonchev–Trinajstić information content (AvgIpc) is 3.18. The lowest BCUT2D eigenvalue weighted by Crippen LogP contribution is -2.72. The third kappa shape index (κ3) is 13.8. The Morgan fingerprint density at radius 1 is 0.772 bits per heavy atom. The van der Waals surface area contributed by atoms with Crippen LogP contribution in [0.15, 0.2) is 60.7 Å². The highest BCUT2D eigenvalue weighted by Gasteiger charge is 2.49. The molecule has 4 rings (SSSR count). The quantitative estimate of drug-likeness (QED) is 0.0985. The van der Waals surface area contributed by atoms with Crippen LogP contribution in [0.2, 0.25) is 0 Å². The van der Waals surface area contributed by atoms with Gasteiger partial charge in [-0.15, -0.1) is 0 Å². The minimum Gasteiger partial charge on any atom is -0.481 e. The fourth-order valence-corrected chi connectivity index (χ4v) is 7.97. The van der Waals surface area contributed by atoms with Gasteiger partial charge in [0.25, 0.3) is 0 Å². The summed E-state index contributed by atoms with van der Waals surface area (Å²) >= 11 is 0. The van der Waals surface area contributed by atoms with Crippen molar-refractivity contribution in [2.24, 2.45) is 29.2 Å². The number of nitrogens with one attached hydrogen (secondary N) is 2. The normalized spacial score (nSPS) is 18.8. The molecule has 13 nitrogen and oxygen atoms in total. The molecule has 7 atom stereocenters. The van der Waals surface area contributed by atoms with Crippen molar-refractivity contribution >= 4 is 35.4 Å². The number of benzene rings is 2. The minimum atomic E-state index is -0.911. The Morgan fingerprint density at radius 3 is 1.93 bits per heavy atom. The van der Waals surface area contributed by atoms with Gasteiger partial charge in [-0.05, 0) is 81.4 Å². The van der Waals surface area contributed by atoms with E-state index < -0.39 is 41.8 Å². The summed E-state index contributed by atoms with van der Waals surface area (Å²) in [5, 5.41) is 15.0. The highest BCUT2D eigenvalue weighted by atomic mass is 16.4. The van der Waals surface area contributed by atoms with Gasteiger partial charge < -0.3 is 37.0 Å². The number of carboxylic acid groups (broad SMARTS) is 1. The molecule has 0 aromatic heterocycles. The number of aliphatic carboxylic acids is 1. The first-order chi connectivity index (χ1) is 27.3. The molecule has 2 bridgehead atoms. The zero-order valence-corrected chi connectivity index (χ0v) is 33.9. The van der Waals surface area contributed by atoms with Gasteiger partial charge in [0.1, 0.15) is 6.04 Å². The highest BCUT2D eigenvalue weighted by Crippen LogP contribution is 2.34. The predicted molar refractivity (Wildman–Crippen MR) is 218 cm³/mol. The lowest BCUT2D eigenvalue weighted by Gasteiger charge is -2.57. The van der Waals surface area contributed by atoms with Gasteiger partial charge in [0, 0.05) is 31.8 Å². The topological polar surface area (TPSA) is 205 Å². The van der Waals surface area contributed by atoms with Crippen LogP contribution in [0.1, 0.15) is 96.1 Å². The molecule has 0 saturated carbocycles. The Kier molecular flexibility index (Phi) is 17.7. The van der Waals surface area contributed by atoms with E-state index in [9.17, 15) is 28.8 Å². The number of hydrogen-bond acceptors (Lipinski definition) is 8. The molecular formula is C44H64N6O7. The zero-order valence-electron chi connectivity index (χ0n) is 33.9. The van der Waals surface area contributed by atoms with Crippen molar-refractivity contribution in [2.45, 2.75) is 128 Å². The van der Waals surface area contributed by atoms with E-state index in [-0.39, 0.29) is 54.3 Å². The molecule has 312 valence electrons. The lowest BCUT2D eigenvalue weighted by atomic mass is 9.85. The number of nitrogens with two attached hydrogens (primary N) is 2.